The van der Waals surface area contributed by atoms with E-state index in [0.717, 1.165) is 51.4 Å². The summed E-state index contributed by atoms with van der Waals surface area (Å²) in [4.78, 5) is 48.7. The summed E-state index contributed by atoms with van der Waals surface area (Å²) < 4.78 is 100. The molecule has 0 saturated heterocycles. The van der Waals surface area contributed by atoms with Crippen LogP contribution in [0.15, 0.2) is 0 Å². The number of carbonyl (C=O) groups excluding carboxylic acids is 4. The number of esters is 4. The Bertz CT molecular complexity index is 1200. The molecule has 0 aromatic rings. The zero-order chi connectivity index (χ0) is 43.3. The molecule has 0 amide bonds. The van der Waals surface area contributed by atoms with Gasteiger partial charge in [0, 0.05) is 13.2 Å². The molecule has 342 valence electrons. The molecular formula is C40H72Na2O16S2. The fourth-order valence-electron chi connectivity index (χ4n) is 5.78. The van der Waals surface area contributed by atoms with Gasteiger partial charge in [-0.1, -0.05) is 129 Å². The molecule has 2 unspecified atom stereocenters. The smallest absolute Gasteiger partial charge is 0.747 e. The van der Waals surface area contributed by atoms with Crippen LogP contribution in [0.3, 0.4) is 0 Å². The summed E-state index contributed by atoms with van der Waals surface area (Å²) >= 11 is 0. The molecular weight excluding hydrogens is 847 g/mol. The van der Waals surface area contributed by atoms with E-state index in [1.165, 1.54) is 64.2 Å². The number of unbranched alkanes of at least 4 members (excludes halogenated alkanes) is 19. The molecule has 0 saturated carbocycles. The molecule has 0 rings (SSSR count). The van der Waals surface area contributed by atoms with Crippen molar-refractivity contribution in [3.05, 3.63) is 0 Å². The molecule has 0 aliphatic heterocycles. The van der Waals surface area contributed by atoms with Gasteiger partial charge < -0.3 is 37.5 Å². The summed E-state index contributed by atoms with van der Waals surface area (Å²) in [6.07, 6.45) is 20.8. The molecule has 0 aliphatic carbocycles. The van der Waals surface area contributed by atoms with Crippen molar-refractivity contribution in [2.24, 2.45) is 0 Å². The number of carbonyl (C=O) groups is 4. The average Bonchev–Trinajstić information content (AvgIpc) is 3.16. The van der Waals surface area contributed by atoms with Gasteiger partial charge >= 0.3 is 83.0 Å². The molecule has 0 fully saturated rings. The summed E-state index contributed by atoms with van der Waals surface area (Å²) in [5.74, 6) is -4.66. The Kier molecular flexibility index (Phi) is 45.3. The molecule has 0 N–H and O–H groups in total. The molecule has 0 heterocycles. The first kappa shape index (κ1) is 63.9. The van der Waals surface area contributed by atoms with Crippen LogP contribution in [0.1, 0.15) is 168 Å². The molecule has 0 bridgehead atoms. The maximum atomic E-state index is 12.3. The monoisotopic (exact) mass is 918 g/mol. The van der Waals surface area contributed by atoms with E-state index in [1.807, 2.05) is 0 Å². The van der Waals surface area contributed by atoms with Crippen molar-refractivity contribution in [1.82, 2.24) is 0 Å². The van der Waals surface area contributed by atoms with Gasteiger partial charge in [0.2, 0.25) is 0 Å². The minimum atomic E-state index is -5.18. The second kappa shape index (κ2) is 42.6. The van der Waals surface area contributed by atoms with Gasteiger partial charge in [-0.15, -0.1) is 0 Å². The van der Waals surface area contributed by atoms with Gasteiger partial charge in [0.1, 0.15) is 33.5 Å². The zero-order valence-electron chi connectivity index (χ0n) is 37.1. The van der Waals surface area contributed by atoms with Crippen LogP contribution in [0.5, 0.6) is 0 Å². The quantitative estimate of drug-likeness (QED) is 0.0266. The standard InChI is InChI=1S/C40H74O16S2.2Na/c1-3-5-7-9-11-13-15-17-19-21-27-53-37(41)33-35(57(45,46)47)39(43)55-31-29-51-25-23-24-26-52-30-32-56-40(44)36(58(48,49)50)34-38(42)54-28-22-20-18-16-14-12-10-8-6-4-2;;/h35-36H,3-34H2,1-2H3,(H,45,46,47)(H,48,49,50);;/q;2*+1/p-2. The van der Waals surface area contributed by atoms with Gasteiger partial charge in [0.15, 0.2) is 10.5 Å². The molecule has 2 atom stereocenters. The van der Waals surface area contributed by atoms with E-state index in [2.05, 4.69) is 13.8 Å². The van der Waals surface area contributed by atoms with E-state index in [9.17, 15) is 45.1 Å². The number of hydrogen-bond acceptors (Lipinski definition) is 16. The van der Waals surface area contributed by atoms with Crippen LogP contribution < -0.4 is 59.1 Å². The Labute approximate surface area is 404 Å². The van der Waals surface area contributed by atoms with Crippen molar-refractivity contribution in [3.8, 4) is 0 Å². The van der Waals surface area contributed by atoms with Crippen LogP contribution in [0.25, 0.3) is 0 Å². The van der Waals surface area contributed by atoms with Crippen LogP contribution >= 0.6 is 0 Å². The molecule has 0 spiro atoms. The maximum absolute atomic E-state index is 12.3. The minimum Gasteiger partial charge on any atom is -0.747 e. The van der Waals surface area contributed by atoms with Crippen molar-refractivity contribution in [1.29, 1.82) is 0 Å². The van der Waals surface area contributed by atoms with E-state index < -0.39 is 67.5 Å². The third-order valence-electron chi connectivity index (χ3n) is 9.22. The van der Waals surface area contributed by atoms with Gasteiger partial charge in [0.05, 0.1) is 39.3 Å². The molecule has 20 heteroatoms. The molecule has 16 nitrogen and oxygen atoms in total. The molecule has 0 aliphatic rings. The van der Waals surface area contributed by atoms with E-state index in [1.54, 1.807) is 0 Å². The van der Waals surface area contributed by atoms with Crippen LogP contribution in [0, 0.1) is 0 Å². The van der Waals surface area contributed by atoms with Gasteiger partial charge in [-0.2, -0.15) is 0 Å². The first-order chi connectivity index (χ1) is 27.7. The normalized spacial score (nSPS) is 12.4. The van der Waals surface area contributed by atoms with Gasteiger partial charge in [-0.25, -0.2) is 16.8 Å². The zero-order valence-corrected chi connectivity index (χ0v) is 42.8. The number of hydrogen-bond donors (Lipinski definition) is 0. The predicted octanol–water partition coefficient (Wildman–Crippen LogP) is 0.430. The van der Waals surface area contributed by atoms with E-state index in [4.69, 9.17) is 28.4 Å². The maximum Gasteiger partial charge on any atom is 1.00 e. The third-order valence-corrected chi connectivity index (χ3v) is 11.3. The van der Waals surface area contributed by atoms with Crippen molar-refractivity contribution in [2.45, 2.75) is 178 Å². The first-order valence-electron chi connectivity index (χ1n) is 21.4. The summed E-state index contributed by atoms with van der Waals surface area (Å²) in [6.45, 7) is 4.01. The average molecular weight is 919 g/mol. The number of rotatable bonds is 41. The number of ether oxygens (including phenoxy) is 6. The SMILES string of the molecule is CCCCCCCCCCCCOC(=O)CC(C(=O)OCCOCCCCOCCOC(=O)C(CC(=O)OCCCCCCCCCCCC)S(=O)(=O)[O-])S(=O)(=O)[O-].[Na+].[Na+]. The summed E-state index contributed by atoms with van der Waals surface area (Å²) in [7, 11) is -10.4. The second-order valence-electron chi connectivity index (χ2n) is 14.4. The minimum absolute atomic E-state index is 0. The van der Waals surface area contributed by atoms with Gasteiger partial charge in [-0.3, -0.25) is 19.2 Å². The van der Waals surface area contributed by atoms with Crippen molar-refractivity contribution in [3.63, 3.8) is 0 Å². The van der Waals surface area contributed by atoms with Crippen molar-refractivity contribution < 1.29 is 133 Å². The summed E-state index contributed by atoms with van der Waals surface area (Å²) in [5, 5.41) is -4.44. The Morgan fingerprint density at radius 2 is 0.650 bits per heavy atom. The van der Waals surface area contributed by atoms with Crippen molar-refractivity contribution in [2.75, 3.05) is 52.9 Å². The fourth-order valence-corrected chi connectivity index (χ4v) is 7.07. The third kappa shape index (κ3) is 39.2. The van der Waals surface area contributed by atoms with Gasteiger partial charge in [0.25, 0.3) is 0 Å². The van der Waals surface area contributed by atoms with Crippen LogP contribution in [0.2, 0.25) is 0 Å². The Balaban J connectivity index is -0.0000162. The van der Waals surface area contributed by atoms with Crippen LogP contribution in [-0.2, 0) is 67.8 Å². The Hall–Kier alpha value is -0.380. The summed E-state index contributed by atoms with van der Waals surface area (Å²) in [5.41, 5.74) is 0. The topological polar surface area (TPSA) is 238 Å². The van der Waals surface area contributed by atoms with E-state index >= 15 is 0 Å². The Morgan fingerprint density at radius 1 is 0.383 bits per heavy atom. The second-order valence-corrected chi connectivity index (χ2v) is 17.6. The van der Waals surface area contributed by atoms with E-state index in [0.29, 0.717) is 25.7 Å². The van der Waals surface area contributed by atoms with Crippen molar-refractivity contribution >= 4 is 44.1 Å². The first-order valence-corrected chi connectivity index (χ1v) is 24.4. The molecule has 0 aromatic heterocycles. The van der Waals surface area contributed by atoms with E-state index in [-0.39, 0.29) is 112 Å². The molecule has 0 aromatic carbocycles. The van der Waals surface area contributed by atoms with Crippen LogP contribution in [0.4, 0.5) is 0 Å². The molecule has 60 heavy (non-hydrogen) atoms. The Morgan fingerprint density at radius 3 is 0.933 bits per heavy atom. The van der Waals surface area contributed by atoms with Gasteiger partial charge in [-0.05, 0) is 25.7 Å². The molecule has 0 radical (unpaired) electrons. The van der Waals surface area contributed by atoms with Crippen LogP contribution in [-0.4, -0.2) is 113 Å². The fraction of sp³-hybridized carbons (Fsp3) is 0.900. The predicted molar refractivity (Wildman–Crippen MR) is 215 cm³/mol. The summed E-state index contributed by atoms with van der Waals surface area (Å²) in [6, 6.07) is 0. The largest absolute Gasteiger partial charge is 1.00 e.